The maximum atomic E-state index is 13.0. The first kappa shape index (κ1) is 21.3. The zero-order chi connectivity index (χ0) is 22.1. The Morgan fingerprint density at radius 3 is 2.69 bits per heavy atom. The average Bonchev–Trinajstić information content (AvgIpc) is 3.32. The fourth-order valence-electron chi connectivity index (χ4n) is 4.25. The molecule has 3 heterocycles. The first-order valence-electron chi connectivity index (χ1n) is 10.7. The number of nitrogens with zero attached hydrogens (tertiary/aromatic N) is 3. The molecule has 1 unspecified atom stereocenters. The fourth-order valence-corrected chi connectivity index (χ4v) is 5.60. The van der Waals surface area contributed by atoms with E-state index in [1.54, 1.807) is 21.9 Å². The molecule has 0 saturated carbocycles. The van der Waals surface area contributed by atoms with Crippen LogP contribution in [0, 0.1) is 0 Å². The van der Waals surface area contributed by atoms with E-state index >= 15 is 0 Å². The van der Waals surface area contributed by atoms with E-state index in [-0.39, 0.29) is 25.3 Å². The van der Waals surface area contributed by atoms with Crippen molar-refractivity contribution in [1.82, 2.24) is 9.80 Å². The zero-order valence-corrected chi connectivity index (χ0v) is 19.1. The van der Waals surface area contributed by atoms with Crippen LogP contribution in [0.4, 0.5) is 10.5 Å². The van der Waals surface area contributed by atoms with Gasteiger partial charge in [-0.1, -0.05) is 17.7 Å². The molecule has 0 aromatic heterocycles. The molecule has 2 saturated heterocycles. The van der Waals surface area contributed by atoms with Crippen LogP contribution in [0.25, 0.3) is 0 Å². The number of hydrogen-bond acceptors (Lipinski definition) is 5. The van der Waals surface area contributed by atoms with Gasteiger partial charge in [-0.25, -0.2) is 4.79 Å². The van der Waals surface area contributed by atoms with Crippen molar-refractivity contribution in [1.29, 1.82) is 0 Å². The zero-order valence-electron chi connectivity index (χ0n) is 17.5. The first-order valence-corrected chi connectivity index (χ1v) is 12.1. The summed E-state index contributed by atoms with van der Waals surface area (Å²) in [5.41, 5.74) is 1.99. The van der Waals surface area contributed by atoms with E-state index in [1.807, 2.05) is 40.9 Å². The quantitative estimate of drug-likeness (QED) is 0.671. The van der Waals surface area contributed by atoms with Gasteiger partial charge in [0.2, 0.25) is 12.7 Å². The predicted molar refractivity (Wildman–Crippen MR) is 125 cm³/mol. The maximum Gasteiger partial charge on any atom is 0.325 e. The molecule has 0 N–H and O–H groups in total. The SMILES string of the molecule is O=C(CN1CCN(c2ccc(Cl)cc2)C1=O)N1CCSC(c2ccc3c(c2)OCO3)CC1. The highest BCUT2D eigenvalue weighted by molar-refractivity contribution is 7.99. The van der Waals surface area contributed by atoms with Gasteiger partial charge in [-0.3, -0.25) is 9.69 Å². The molecular formula is C23H24ClN3O4S. The first-order chi connectivity index (χ1) is 15.6. The summed E-state index contributed by atoms with van der Waals surface area (Å²) in [4.78, 5) is 31.0. The molecule has 5 rings (SSSR count). The molecule has 1 atom stereocenters. The second kappa shape index (κ2) is 9.11. The van der Waals surface area contributed by atoms with Crippen LogP contribution in [0.5, 0.6) is 11.5 Å². The van der Waals surface area contributed by atoms with Crippen LogP contribution >= 0.6 is 23.4 Å². The predicted octanol–water partition coefficient (Wildman–Crippen LogP) is 4.02. The standard InChI is InChI=1S/C23H24ClN3O4S/c24-17-2-4-18(5-3-17)27-10-9-26(23(27)29)14-22(28)25-8-7-21(32-12-11-25)16-1-6-19-20(13-16)31-15-30-19/h1-6,13,21H,7-12,14-15H2. The van der Waals surface area contributed by atoms with Gasteiger partial charge < -0.3 is 19.3 Å². The van der Waals surface area contributed by atoms with Gasteiger partial charge in [-0.05, 0) is 48.4 Å². The van der Waals surface area contributed by atoms with Gasteiger partial charge in [0.1, 0.15) is 6.54 Å². The minimum atomic E-state index is -0.136. The molecule has 3 amide bonds. The van der Waals surface area contributed by atoms with Gasteiger partial charge in [0.25, 0.3) is 0 Å². The Bertz CT molecular complexity index is 1020. The minimum Gasteiger partial charge on any atom is -0.454 e. The number of hydrogen-bond donors (Lipinski definition) is 0. The van der Waals surface area contributed by atoms with Crippen LogP contribution < -0.4 is 14.4 Å². The van der Waals surface area contributed by atoms with E-state index in [4.69, 9.17) is 21.1 Å². The normalized spacial score (nSPS) is 20.6. The van der Waals surface area contributed by atoms with Gasteiger partial charge in [-0.15, -0.1) is 0 Å². The second-order valence-electron chi connectivity index (χ2n) is 7.97. The van der Waals surface area contributed by atoms with Crippen LogP contribution in [0.1, 0.15) is 17.2 Å². The summed E-state index contributed by atoms with van der Waals surface area (Å²) in [5.74, 6) is 2.43. The Hall–Kier alpha value is -2.58. The molecule has 32 heavy (non-hydrogen) atoms. The van der Waals surface area contributed by atoms with Crippen molar-refractivity contribution in [2.75, 3.05) is 50.2 Å². The summed E-state index contributed by atoms with van der Waals surface area (Å²) < 4.78 is 10.9. The third-order valence-electron chi connectivity index (χ3n) is 6.02. The summed E-state index contributed by atoms with van der Waals surface area (Å²) in [7, 11) is 0. The van der Waals surface area contributed by atoms with E-state index in [1.165, 1.54) is 5.56 Å². The lowest BCUT2D eigenvalue weighted by Crippen LogP contribution is -2.43. The molecule has 2 aromatic carbocycles. The van der Waals surface area contributed by atoms with E-state index in [0.29, 0.717) is 36.5 Å². The van der Waals surface area contributed by atoms with Gasteiger partial charge in [0, 0.05) is 47.9 Å². The topological polar surface area (TPSA) is 62.3 Å². The number of benzene rings is 2. The number of rotatable bonds is 4. The molecule has 0 bridgehead atoms. The van der Waals surface area contributed by atoms with Gasteiger partial charge >= 0.3 is 6.03 Å². The monoisotopic (exact) mass is 473 g/mol. The Kier molecular flexibility index (Phi) is 6.06. The summed E-state index contributed by atoms with van der Waals surface area (Å²) in [6, 6.07) is 13.1. The number of ether oxygens (including phenoxy) is 2. The molecule has 0 aliphatic carbocycles. The van der Waals surface area contributed by atoms with Crippen LogP contribution in [0.3, 0.4) is 0 Å². The summed E-state index contributed by atoms with van der Waals surface area (Å²) in [5, 5.41) is 0.932. The second-order valence-corrected chi connectivity index (χ2v) is 9.72. The molecule has 9 heteroatoms. The highest BCUT2D eigenvalue weighted by Gasteiger charge is 2.32. The summed E-state index contributed by atoms with van der Waals surface area (Å²) in [6.45, 7) is 2.85. The van der Waals surface area contributed by atoms with Crippen molar-refractivity contribution >= 4 is 41.0 Å². The number of amides is 3. The van der Waals surface area contributed by atoms with E-state index in [2.05, 4.69) is 6.07 Å². The Balaban J connectivity index is 1.17. The fraction of sp³-hybridized carbons (Fsp3) is 0.391. The molecule has 2 aromatic rings. The Morgan fingerprint density at radius 1 is 1.03 bits per heavy atom. The Labute approximate surface area is 196 Å². The number of urea groups is 1. The van der Waals surface area contributed by atoms with Crippen molar-refractivity contribution in [3.63, 3.8) is 0 Å². The molecule has 0 spiro atoms. The lowest BCUT2D eigenvalue weighted by molar-refractivity contribution is -0.131. The number of fused-ring (bicyclic) bond motifs is 1. The minimum absolute atomic E-state index is 0.00300. The maximum absolute atomic E-state index is 13.0. The van der Waals surface area contributed by atoms with E-state index in [0.717, 1.165) is 29.4 Å². The Morgan fingerprint density at radius 2 is 1.84 bits per heavy atom. The third kappa shape index (κ3) is 4.34. The van der Waals surface area contributed by atoms with Gasteiger partial charge in [0.05, 0.1) is 0 Å². The van der Waals surface area contributed by atoms with E-state index < -0.39 is 0 Å². The van der Waals surface area contributed by atoms with Crippen LogP contribution in [-0.4, -0.2) is 67.0 Å². The lowest BCUT2D eigenvalue weighted by atomic mass is 10.1. The summed E-state index contributed by atoms with van der Waals surface area (Å²) >= 11 is 7.80. The molecule has 168 valence electrons. The lowest BCUT2D eigenvalue weighted by Gasteiger charge is -2.24. The van der Waals surface area contributed by atoms with Crippen LogP contribution in [-0.2, 0) is 4.79 Å². The van der Waals surface area contributed by atoms with Crippen molar-refractivity contribution in [3.05, 3.63) is 53.1 Å². The van der Waals surface area contributed by atoms with Crippen molar-refractivity contribution in [2.24, 2.45) is 0 Å². The van der Waals surface area contributed by atoms with Crippen molar-refractivity contribution in [3.8, 4) is 11.5 Å². The molecule has 3 aliphatic rings. The largest absolute Gasteiger partial charge is 0.454 e. The number of carbonyl (C=O) groups is 2. The number of anilines is 1. The molecule has 0 radical (unpaired) electrons. The average molecular weight is 474 g/mol. The molecule has 2 fully saturated rings. The highest BCUT2D eigenvalue weighted by atomic mass is 35.5. The van der Waals surface area contributed by atoms with Gasteiger partial charge in [0.15, 0.2) is 11.5 Å². The van der Waals surface area contributed by atoms with Crippen LogP contribution in [0.2, 0.25) is 5.02 Å². The van der Waals surface area contributed by atoms with E-state index in [9.17, 15) is 9.59 Å². The molecule has 7 nitrogen and oxygen atoms in total. The highest BCUT2D eigenvalue weighted by Crippen LogP contribution is 2.40. The van der Waals surface area contributed by atoms with Crippen molar-refractivity contribution in [2.45, 2.75) is 11.7 Å². The smallest absolute Gasteiger partial charge is 0.325 e. The molecule has 3 aliphatic heterocycles. The van der Waals surface area contributed by atoms with Crippen LogP contribution in [0.15, 0.2) is 42.5 Å². The summed E-state index contributed by atoms with van der Waals surface area (Å²) in [6.07, 6.45) is 0.862. The number of carbonyl (C=O) groups excluding carboxylic acids is 2. The third-order valence-corrected chi connectivity index (χ3v) is 7.60. The van der Waals surface area contributed by atoms with Crippen molar-refractivity contribution < 1.29 is 19.1 Å². The number of halogens is 1. The van der Waals surface area contributed by atoms with Gasteiger partial charge in [-0.2, -0.15) is 11.8 Å². The number of thioether (sulfide) groups is 1. The molecular weight excluding hydrogens is 450 g/mol.